The van der Waals surface area contributed by atoms with Gasteiger partial charge in [0.2, 0.25) is 0 Å². The molecule has 0 aliphatic heterocycles. The molecule has 1 atom stereocenters. The van der Waals surface area contributed by atoms with Crippen molar-refractivity contribution in [1.82, 2.24) is 25.2 Å². The van der Waals surface area contributed by atoms with Crippen molar-refractivity contribution in [2.75, 3.05) is 0 Å². The number of hydrogen-bond donors (Lipinski definition) is 1. The molecule has 0 saturated carbocycles. The van der Waals surface area contributed by atoms with Crippen LogP contribution in [-0.4, -0.2) is 30.3 Å². The average Bonchev–Trinajstić information content (AvgIpc) is 2.64. The zero-order valence-corrected chi connectivity index (χ0v) is 9.20. The first kappa shape index (κ1) is 10.7. The Labute approximate surface area is 92.9 Å². The minimum atomic E-state index is -0.641. The molecule has 0 bridgehead atoms. The molecular weight excluding hydrogens is 206 g/mol. The van der Waals surface area contributed by atoms with E-state index in [1.54, 1.807) is 19.3 Å². The molecule has 2 aromatic rings. The van der Waals surface area contributed by atoms with Crippen molar-refractivity contribution in [2.45, 2.75) is 19.4 Å². The topological polar surface area (TPSA) is 76.7 Å². The van der Waals surface area contributed by atoms with E-state index in [1.165, 1.54) is 4.80 Å². The minimum absolute atomic E-state index is 0.348. The predicted octanol–water partition coefficient (Wildman–Crippen LogP) is 0.190. The molecule has 0 amide bonds. The van der Waals surface area contributed by atoms with E-state index in [-0.39, 0.29) is 0 Å². The Morgan fingerprint density at radius 1 is 1.50 bits per heavy atom. The molecule has 16 heavy (non-hydrogen) atoms. The number of aryl methyl sites for hydroxylation is 2. The fourth-order valence-corrected chi connectivity index (χ4v) is 1.54. The summed E-state index contributed by atoms with van der Waals surface area (Å²) in [5.41, 5.74) is 1.62. The third-order valence-electron chi connectivity index (χ3n) is 2.33. The first-order valence-corrected chi connectivity index (χ1v) is 4.99. The van der Waals surface area contributed by atoms with E-state index in [0.29, 0.717) is 12.2 Å². The van der Waals surface area contributed by atoms with Crippen molar-refractivity contribution in [3.63, 3.8) is 0 Å². The summed E-state index contributed by atoms with van der Waals surface area (Å²) in [6, 6.07) is 3.65. The lowest BCUT2D eigenvalue weighted by molar-refractivity contribution is 0.174. The molecule has 0 saturated heterocycles. The van der Waals surface area contributed by atoms with Gasteiger partial charge in [-0.1, -0.05) is 6.07 Å². The highest BCUT2D eigenvalue weighted by Gasteiger charge is 2.14. The molecule has 2 aromatic heterocycles. The fourth-order valence-electron chi connectivity index (χ4n) is 1.54. The lowest BCUT2D eigenvalue weighted by Gasteiger charge is -2.10. The van der Waals surface area contributed by atoms with Crippen LogP contribution < -0.4 is 0 Å². The van der Waals surface area contributed by atoms with Gasteiger partial charge in [-0.15, -0.1) is 10.2 Å². The molecule has 0 radical (unpaired) electrons. The van der Waals surface area contributed by atoms with Gasteiger partial charge < -0.3 is 5.11 Å². The SMILES string of the molecule is Cc1ncccc1C(O)Cc1nnn(C)n1. The molecule has 2 rings (SSSR count). The second kappa shape index (κ2) is 4.36. The van der Waals surface area contributed by atoms with Crippen LogP contribution in [0.25, 0.3) is 0 Å². The average molecular weight is 219 g/mol. The lowest BCUT2D eigenvalue weighted by atomic mass is 10.1. The maximum Gasteiger partial charge on any atom is 0.177 e. The molecule has 0 aliphatic rings. The van der Waals surface area contributed by atoms with Crippen LogP contribution in [0.5, 0.6) is 0 Å². The van der Waals surface area contributed by atoms with Crippen LogP contribution in [0.15, 0.2) is 18.3 Å². The number of aliphatic hydroxyl groups excluding tert-OH is 1. The summed E-state index contributed by atoms with van der Waals surface area (Å²) >= 11 is 0. The van der Waals surface area contributed by atoms with Gasteiger partial charge in [0.1, 0.15) is 0 Å². The highest BCUT2D eigenvalue weighted by molar-refractivity contribution is 5.21. The second-order valence-electron chi connectivity index (χ2n) is 3.59. The molecule has 6 heteroatoms. The van der Waals surface area contributed by atoms with Gasteiger partial charge in [-0.3, -0.25) is 4.98 Å². The molecule has 1 unspecified atom stereocenters. The highest BCUT2D eigenvalue weighted by atomic mass is 16.3. The van der Waals surface area contributed by atoms with E-state index in [2.05, 4.69) is 20.4 Å². The number of rotatable bonds is 3. The van der Waals surface area contributed by atoms with Gasteiger partial charge in [0.25, 0.3) is 0 Å². The van der Waals surface area contributed by atoms with Crippen molar-refractivity contribution in [1.29, 1.82) is 0 Å². The van der Waals surface area contributed by atoms with Gasteiger partial charge in [0.15, 0.2) is 5.82 Å². The number of pyridine rings is 1. The first-order chi connectivity index (χ1) is 7.66. The van der Waals surface area contributed by atoms with Crippen LogP contribution in [0.1, 0.15) is 23.2 Å². The Kier molecular flexibility index (Phi) is 2.91. The molecule has 0 spiro atoms. The number of hydrogen-bond acceptors (Lipinski definition) is 5. The zero-order valence-electron chi connectivity index (χ0n) is 9.20. The molecule has 0 fully saturated rings. The second-order valence-corrected chi connectivity index (χ2v) is 3.59. The monoisotopic (exact) mass is 219 g/mol. The Hall–Kier alpha value is -1.82. The molecule has 0 aromatic carbocycles. The van der Waals surface area contributed by atoms with E-state index < -0.39 is 6.10 Å². The Morgan fingerprint density at radius 2 is 2.31 bits per heavy atom. The third-order valence-corrected chi connectivity index (χ3v) is 2.33. The summed E-state index contributed by atoms with van der Waals surface area (Å²) in [5.74, 6) is 0.526. The molecule has 6 nitrogen and oxygen atoms in total. The van der Waals surface area contributed by atoms with Crippen molar-refractivity contribution < 1.29 is 5.11 Å². The van der Waals surface area contributed by atoms with E-state index in [9.17, 15) is 5.11 Å². The molecule has 2 heterocycles. The molecular formula is C10H13N5O. The molecule has 0 aliphatic carbocycles. The van der Waals surface area contributed by atoms with Crippen molar-refractivity contribution in [3.8, 4) is 0 Å². The van der Waals surface area contributed by atoms with Crippen LogP contribution in [0.4, 0.5) is 0 Å². The van der Waals surface area contributed by atoms with Crippen molar-refractivity contribution >= 4 is 0 Å². The van der Waals surface area contributed by atoms with Crippen LogP contribution in [-0.2, 0) is 13.5 Å². The zero-order chi connectivity index (χ0) is 11.5. The summed E-state index contributed by atoms with van der Waals surface area (Å²) in [4.78, 5) is 5.50. The van der Waals surface area contributed by atoms with Crippen LogP contribution in [0.2, 0.25) is 0 Å². The quantitative estimate of drug-likeness (QED) is 0.797. The third kappa shape index (κ3) is 2.22. The van der Waals surface area contributed by atoms with Crippen LogP contribution in [0.3, 0.4) is 0 Å². The Balaban J connectivity index is 2.14. The molecule has 1 N–H and O–H groups in total. The number of aliphatic hydroxyl groups is 1. The maximum atomic E-state index is 10.0. The number of tetrazole rings is 1. The van der Waals surface area contributed by atoms with E-state index in [4.69, 9.17) is 0 Å². The van der Waals surface area contributed by atoms with E-state index in [0.717, 1.165) is 11.3 Å². The van der Waals surface area contributed by atoms with E-state index in [1.807, 2.05) is 13.0 Å². The summed E-state index contributed by atoms with van der Waals surface area (Å²) in [6.45, 7) is 1.86. The summed E-state index contributed by atoms with van der Waals surface area (Å²) < 4.78 is 0. The highest BCUT2D eigenvalue weighted by Crippen LogP contribution is 2.18. The van der Waals surface area contributed by atoms with Crippen molar-refractivity contribution in [3.05, 3.63) is 35.4 Å². The summed E-state index contributed by atoms with van der Waals surface area (Å²) in [5, 5.41) is 21.6. The van der Waals surface area contributed by atoms with Gasteiger partial charge in [-0.25, -0.2) is 0 Å². The Bertz CT molecular complexity index is 482. The van der Waals surface area contributed by atoms with Gasteiger partial charge in [-0.05, 0) is 18.2 Å². The van der Waals surface area contributed by atoms with Crippen LogP contribution >= 0.6 is 0 Å². The molecule has 84 valence electrons. The van der Waals surface area contributed by atoms with Crippen LogP contribution in [0, 0.1) is 6.92 Å². The van der Waals surface area contributed by atoms with Crippen molar-refractivity contribution in [2.24, 2.45) is 7.05 Å². The first-order valence-electron chi connectivity index (χ1n) is 4.99. The summed E-state index contributed by atoms with van der Waals surface area (Å²) in [6.07, 6.45) is 1.41. The van der Waals surface area contributed by atoms with Gasteiger partial charge in [0, 0.05) is 23.9 Å². The summed E-state index contributed by atoms with van der Waals surface area (Å²) in [7, 11) is 1.69. The lowest BCUT2D eigenvalue weighted by Crippen LogP contribution is -2.06. The number of aromatic nitrogens is 5. The van der Waals surface area contributed by atoms with Gasteiger partial charge >= 0.3 is 0 Å². The largest absolute Gasteiger partial charge is 0.388 e. The fraction of sp³-hybridized carbons (Fsp3) is 0.400. The standard InChI is InChI=1S/C10H13N5O/c1-7-8(4-3-5-11-7)9(16)6-10-12-14-15(2)13-10/h3-5,9,16H,6H2,1-2H3. The maximum absolute atomic E-state index is 10.0. The van der Waals surface area contributed by atoms with E-state index >= 15 is 0 Å². The smallest absolute Gasteiger partial charge is 0.177 e. The Morgan fingerprint density at radius 3 is 2.94 bits per heavy atom. The normalized spacial score (nSPS) is 12.7. The predicted molar refractivity (Wildman–Crippen MR) is 56.4 cm³/mol. The van der Waals surface area contributed by atoms with Gasteiger partial charge in [-0.2, -0.15) is 4.80 Å². The minimum Gasteiger partial charge on any atom is -0.388 e. The number of nitrogens with zero attached hydrogens (tertiary/aromatic N) is 5. The van der Waals surface area contributed by atoms with Gasteiger partial charge in [0.05, 0.1) is 13.2 Å².